The van der Waals surface area contributed by atoms with Crippen molar-refractivity contribution in [3.05, 3.63) is 47.8 Å². The van der Waals surface area contributed by atoms with E-state index in [0.29, 0.717) is 5.41 Å². The Hall–Kier alpha value is -1.85. The standard InChI is InChI=1S/C21H30N4O/c1-23-13-19(12-22-23)15-25-10-8-21(17-25)7-4-9-24(16-21)14-18-5-3-6-20(11-18)26-2/h3,5-6,11-13H,4,7-10,14-17H2,1-2H3/t21-/m0/s1. The molecule has 0 unspecified atom stereocenters. The summed E-state index contributed by atoms with van der Waals surface area (Å²) in [6, 6.07) is 8.51. The lowest BCUT2D eigenvalue weighted by Crippen LogP contribution is -2.44. The van der Waals surface area contributed by atoms with E-state index in [2.05, 4.69) is 39.3 Å². The Bertz CT molecular complexity index is 743. The quantitative estimate of drug-likeness (QED) is 0.827. The summed E-state index contributed by atoms with van der Waals surface area (Å²) in [5.41, 5.74) is 3.15. The predicted molar refractivity (Wildman–Crippen MR) is 103 cm³/mol. The Kier molecular flexibility index (Phi) is 5.00. The number of ether oxygens (including phenoxy) is 1. The molecule has 1 aromatic heterocycles. The number of aromatic nitrogens is 2. The number of aryl methyl sites for hydroxylation is 1. The van der Waals surface area contributed by atoms with E-state index in [1.807, 2.05) is 24.0 Å². The van der Waals surface area contributed by atoms with Crippen LogP contribution in [0.15, 0.2) is 36.7 Å². The molecule has 5 heteroatoms. The normalized spacial score (nSPS) is 24.4. The van der Waals surface area contributed by atoms with Gasteiger partial charge in [0.05, 0.1) is 13.3 Å². The van der Waals surface area contributed by atoms with Crippen LogP contribution in [0.1, 0.15) is 30.4 Å². The van der Waals surface area contributed by atoms with Crippen LogP contribution < -0.4 is 4.74 Å². The maximum Gasteiger partial charge on any atom is 0.119 e. The predicted octanol–water partition coefficient (Wildman–Crippen LogP) is 2.92. The van der Waals surface area contributed by atoms with Crippen LogP contribution in [0.25, 0.3) is 0 Å². The van der Waals surface area contributed by atoms with Crippen molar-refractivity contribution >= 4 is 0 Å². The van der Waals surface area contributed by atoms with Crippen molar-refractivity contribution in [2.45, 2.75) is 32.4 Å². The second kappa shape index (κ2) is 7.41. The minimum Gasteiger partial charge on any atom is -0.497 e. The summed E-state index contributed by atoms with van der Waals surface area (Å²) in [6.45, 7) is 6.92. The second-order valence-corrected chi connectivity index (χ2v) is 8.15. The molecule has 1 aromatic carbocycles. The molecular formula is C21H30N4O. The molecule has 2 aliphatic heterocycles. The molecule has 140 valence electrons. The van der Waals surface area contributed by atoms with E-state index in [1.165, 1.54) is 56.6 Å². The fourth-order valence-electron chi connectivity index (χ4n) is 4.78. The summed E-state index contributed by atoms with van der Waals surface area (Å²) in [6.07, 6.45) is 8.14. The maximum absolute atomic E-state index is 5.38. The van der Waals surface area contributed by atoms with Crippen LogP contribution in [-0.4, -0.2) is 52.9 Å². The Balaban J connectivity index is 1.37. The molecule has 2 saturated heterocycles. The van der Waals surface area contributed by atoms with Gasteiger partial charge in [0.15, 0.2) is 0 Å². The first-order valence-electron chi connectivity index (χ1n) is 9.69. The highest BCUT2D eigenvalue weighted by Crippen LogP contribution is 2.39. The van der Waals surface area contributed by atoms with Crippen molar-refractivity contribution in [1.29, 1.82) is 0 Å². The number of benzene rings is 1. The topological polar surface area (TPSA) is 33.5 Å². The van der Waals surface area contributed by atoms with E-state index >= 15 is 0 Å². The molecule has 1 atom stereocenters. The molecule has 3 heterocycles. The van der Waals surface area contributed by atoms with Crippen molar-refractivity contribution in [3.8, 4) is 5.75 Å². The third-order valence-corrected chi connectivity index (χ3v) is 5.96. The van der Waals surface area contributed by atoms with Gasteiger partial charge in [-0.25, -0.2) is 0 Å². The van der Waals surface area contributed by atoms with Crippen molar-refractivity contribution in [2.24, 2.45) is 12.5 Å². The molecule has 2 fully saturated rings. The molecular weight excluding hydrogens is 324 g/mol. The monoisotopic (exact) mass is 354 g/mol. The van der Waals surface area contributed by atoms with Crippen LogP contribution in [0.4, 0.5) is 0 Å². The molecule has 2 aliphatic rings. The third-order valence-electron chi connectivity index (χ3n) is 5.96. The Labute approximate surface area is 156 Å². The van der Waals surface area contributed by atoms with Crippen molar-refractivity contribution in [2.75, 3.05) is 33.3 Å². The highest BCUT2D eigenvalue weighted by Gasteiger charge is 2.41. The lowest BCUT2D eigenvalue weighted by Gasteiger charge is -2.40. The van der Waals surface area contributed by atoms with Crippen LogP contribution in [-0.2, 0) is 20.1 Å². The van der Waals surface area contributed by atoms with E-state index in [4.69, 9.17) is 4.74 Å². The minimum atomic E-state index is 0.472. The maximum atomic E-state index is 5.38. The summed E-state index contributed by atoms with van der Waals surface area (Å²) in [5, 5.41) is 4.31. The number of hydrogen-bond donors (Lipinski definition) is 0. The Morgan fingerprint density at radius 2 is 1.88 bits per heavy atom. The van der Waals surface area contributed by atoms with E-state index in [9.17, 15) is 0 Å². The summed E-state index contributed by atoms with van der Waals surface area (Å²) in [7, 11) is 3.73. The van der Waals surface area contributed by atoms with E-state index in [1.54, 1.807) is 7.11 Å². The van der Waals surface area contributed by atoms with Gasteiger partial charge in [0.2, 0.25) is 0 Å². The van der Waals surface area contributed by atoms with E-state index in [-0.39, 0.29) is 0 Å². The molecule has 0 radical (unpaired) electrons. The summed E-state index contributed by atoms with van der Waals surface area (Å²) in [4.78, 5) is 5.26. The van der Waals surface area contributed by atoms with Crippen LogP contribution >= 0.6 is 0 Å². The SMILES string of the molecule is COc1cccc(CN2CCC[C@]3(CCN(Cc4cnn(C)c4)C3)C2)c1. The highest BCUT2D eigenvalue weighted by atomic mass is 16.5. The summed E-state index contributed by atoms with van der Waals surface area (Å²) < 4.78 is 7.28. The molecule has 2 aromatic rings. The first-order chi connectivity index (χ1) is 12.6. The van der Waals surface area contributed by atoms with Crippen LogP contribution in [0.2, 0.25) is 0 Å². The zero-order valence-electron chi connectivity index (χ0n) is 16.0. The van der Waals surface area contributed by atoms with Gasteiger partial charge in [0.1, 0.15) is 5.75 Å². The number of methoxy groups -OCH3 is 1. The van der Waals surface area contributed by atoms with Gasteiger partial charge in [-0.3, -0.25) is 14.5 Å². The number of rotatable bonds is 5. The number of hydrogen-bond acceptors (Lipinski definition) is 4. The van der Waals surface area contributed by atoms with Crippen molar-refractivity contribution in [1.82, 2.24) is 19.6 Å². The smallest absolute Gasteiger partial charge is 0.119 e. The van der Waals surface area contributed by atoms with Gasteiger partial charge in [0.25, 0.3) is 0 Å². The van der Waals surface area contributed by atoms with Gasteiger partial charge in [-0.2, -0.15) is 5.10 Å². The third kappa shape index (κ3) is 3.94. The molecule has 4 rings (SSSR count). The lowest BCUT2D eigenvalue weighted by molar-refractivity contribution is 0.0866. The average molecular weight is 354 g/mol. The molecule has 1 spiro atoms. The first kappa shape index (κ1) is 17.6. The van der Waals surface area contributed by atoms with Gasteiger partial charge in [-0.1, -0.05) is 12.1 Å². The van der Waals surface area contributed by atoms with Gasteiger partial charge in [0, 0.05) is 45.0 Å². The van der Waals surface area contributed by atoms with Crippen LogP contribution in [0.5, 0.6) is 5.75 Å². The van der Waals surface area contributed by atoms with E-state index < -0.39 is 0 Å². The van der Waals surface area contributed by atoms with Gasteiger partial charge < -0.3 is 4.74 Å². The summed E-state index contributed by atoms with van der Waals surface area (Å²) in [5.74, 6) is 0.956. The zero-order valence-corrected chi connectivity index (χ0v) is 16.0. The van der Waals surface area contributed by atoms with Crippen molar-refractivity contribution in [3.63, 3.8) is 0 Å². The number of nitrogens with zero attached hydrogens (tertiary/aromatic N) is 4. The molecule has 0 bridgehead atoms. The number of piperidine rings is 1. The molecule has 0 amide bonds. The molecule has 26 heavy (non-hydrogen) atoms. The van der Waals surface area contributed by atoms with Gasteiger partial charge in [-0.05, 0) is 55.5 Å². The van der Waals surface area contributed by atoms with Gasteiger partial charge in [-0.15, -0.1) is 0 Å². The second-order valence-electron chi connectivity index (χ2n) is 8.15. The highest BCUT2D eigenvalue weighted by molar-refractivity contribution is 5.28. The van der Waals surface area contributed by atoms with Crippen molar-refractivity contribution < 1.29 is 4.74 Å². The Morgan fingerprint density at radius 3 is 2.65 bits per heavy atom. The largest absolute Gasteiger partial charge is 0.497 e. The van der Waals surface area contributed by atoms with Crippen LogP contribution in [0, 0.1) is 5.41 Å². The zero-order chi connectivity index (χ0) is 18.0. The lowest BCUT2D eigenvalue weighted by atomic mass is 9.79. The average Bonchev–Trinajstić information content (AvgIpc) is 3.22. The number of likely N-dealkylation sites (tertiary alicyclic amines) is 2. The fraction of sp³-hybridized carbons (Fsp3) is 0.571. The molecule has 0 N–H and O–H groups in total. The van der Waals surface area contributed by atoms with Gasteiger partial charge >= 0.3 is 0 Å². The molecule has 0 saturated carbocycles. The van der Waals surface area contributed by atoms with Crippen LogP contribution in [0.3, 0.4) is 0 Å². The minimum absolute atomic E-state index is 0.472. The fourth-order valence-corrected chi connectivity index (χ4v) is 4.78. The summed E-state index contributed by atoms with van der Waals surface area (Å²) >= 11 is 0. The first-order valence-corrected chi connectivity index (χ1v) is 9.69. The Morgan fingerprint density at radius 1 is 1.08 bits per heavy atom. The molecule has 5 nitrogen and oxygen atoms in total. The van der Waals surface area contributed by atoms with E-state index in [0.717, 1.165) is 18.8 Å². The molecule has 0 aliphatic carbocycles.